The number of nitrogens with zero attached hydrogens (tertiary/aromatic N) is 2. The maximum absolute atomic E-state index is 12.7. The molecule has 1 aliphatic carbocycles. The van der Waals surface area contributed by atoms with Crippen molar-refractivity contribution in [2.45, 2.75) is 25.3 Å². The molecular weight excluding hydrogens is 300 g/mol. The van der Waals surface area contributed by atoms with Crippen LogP contribution in [0, 0.1) is 11.8 Å². The molecule has 118 valence electrons. The number of hydrogen-bond acceptors (Lipinski definition) is 2. The number of piperidine rings is 1. The summed E-state index contributed by atoms with van der Waals surface area (Å²) in [7, 11) is 3.71. The van der Waals surface area contributed by atoms with Gasteiger partial charge in [-0.25, -0.2) is 0 Å². The Morgan fingerprint density at radius 3 is 2.68 bits per heavy atom. The van der Waals surface area contributed by atoms with E-state index in [2.05, 4.69) is 0 Å². The predicted molar refractivity (Wildman–Crippen MR) is 85.8 cm³/mol. The van der Waals surface area contributed by atoms with E-state index in [0.29, 0.717) is 28.8 Å². The van der Waals surface area contributed by atoms with Crippen molar-refractivity contribution in [3.05, 3.63) is 34.9 Å². The second-order valence-electron chi connectivity index (χ2n) is 6.52. The Labute approximate surface area is 136 Å². The zero-order valence-corrected chi connectivity index (χ0v) is 13.7. The van der Waals surface area contributed by atoms with Crippen LogP contribution < -0.4 is 0 Å². The quantitative estimate of drug-likeness (QED) is 0.840. The van der Waals surface area contributed by atoms with Crippen LogP contribution in [0.4, 0.5) is 0 Å². The molecule has 0 aromatic heterocycles. The van der Waals surface area contributed by atoms with Crippen molar-refractivity contribution >= 4 is 23.4 Å². The summed E-state index contributed by atoms with van der Waals surface area (Å²) >= 11 is 6.13. The second kappa shape index (κ2) is 5.92. The number of fused-ring (bicyclic) bond motifs is 1. The Balaban J connectivity index is 1.72. The molecule has 3 atom stereocenters. The third-order valence-corrected chi connectivity index (χ3v) is 5.49. The first-order valence-electron chi connectivity index (χ1n) is 7.73. The average Bonchev–Trinajstić information content (AvgIpc) is 2.89. The van der Waals surface area contributed by atoms with Crippen LogP contribution in [0.5, 0.6) is 0 Å². The summed E-state index contributed by atoms with van der Waals surface area (Å²) in [6.07, 6.45) is 2.50. The minimum Gasteiger partial charge on any atom is -0.345 e. The number of amides is 2. The molecular formula is C17H21ClN2O2. The first-order valence-corrected chi connectivity index (χ1v) is 8.10. The van der Waals surface area contributed by atoms with E-state index in [0.717, 1.165) is 19.4 Å². The summed E-state index contributed by atoms with van der Waals surface area (Å²) in [5.74, 6) is 1.11. The van der Waals surface area contributed by atoms with Crippen molar-refractivity contribution in [1.82, 2.24) is 9.80 Å². The first kappa shape index (κ1) is 15.3. The van der Waals surface area contributed by atoms with Crippen LogP contribution in [0.1, 0.15) is 29.6 Å². The minimum absolute atomic E-state index is 0.0334. The molecule has 5 heteroatoms. The lowest BCUT2D eigenvalue weighted by atomic mass is 9.88. The monoisotopic (exact) mass is 320 g/mol. The summed E-state index contributed by atoms with van der Waals surface area (Å²) < 4.78 is 0. The molecule has 1 saturated carbocycles. The molecule has 1 aliphatic heterocycles. The molecule has 1 saturated heterocycles. The standard InChI is InChI=1S/C17H21ClN2O2/c1-19-10-12-8-13(7-11(12)9-16(19)21)20(2)17(22)14-5-3-4-6-15(14)18/h3-6,11-13H,7-10H2,1-2H3/t11-,12+,13-/m1/s1. The highest BCUT2D eigenvalue weighted by molar-refractivity contribution is 6.33. The van der Waals surface area contributed by atoms with Gasteiger partial charge in [-0.2, -0.15) is 0 Å². The lowest BCUT2D eigenvalue weighted by Gasteiger charge is -2.31. The van der Waals surface area contributed by atoms with Gasteiger partial charge < -0.3 is 9.80 Å². The average molecular weight is 321 g/mol. The third kappa shape index (κ3) is 2.72. The van der Waals surface area contributed by atoms with Crippen LogP contribution in [0.3, 0.4) is 0 Å². The molecule has 1 aromatic rings. The molecule has 0 unspecified atom stereocenters. The van der Waals surface area contributed by atoms with Gasteiger partial charge in [0.05, 0.1) is 10.6 Å². The molecule has 0 N–H and O–H groups in total. The van der Waals surface area contributed by atoms with Crippen molar-refractivity contribution in [1.29, 1.82) is 0 Å². The highest BCUT2D eigenvalue weighted by Gasteiger charge is 2.42. The lowest BCUT2D eigenvalue weighted by molar-refractivity contribution is -0.134. The predicted octanol–water partition coefficient (Wildman–Crippen LogP) is 2.67. The number of carbonyl (C=O) groups excluding carboxylic acids is 2. The maximum atomic E-state index is 12.7. The van der Waals surface area contributed by atoms with Crippen LogP contribution in [-0.4, -0.2) is 48.3 Å². The van der Waals surface area contributed by atoms with E-state index in [1.54, 1.807) is 12.1 Å². The van der Waals surface area contributed by atoms with E-state index in [4.69, 9.17) is 11.6 Å². The van der Waals surface area contributed by atoms with Gasteiger partial charge >= 0.3 is 0 Å². The normalized spacial score (nSPS) is 27.7. The van der Waals surface area contributed by atoms with Gasteiger partial charge in [0.15, 0.2) is 0 Å². The molecule has 4 nitrogen and oxygen atoms in total. The smallest absolute Gasteiger partial charge is 0.255 e. The molecule has 2 aliphatic rings. The number of likely N-dealkylation sites (tertiary alicyclic amines) is 1. The fourth-order valence-corrected chi connectivity index (χ4v) is 4.01. The SMILES string of the molecule is CN1C[C@@H]2C[C@H](N(C)C(=O)c3ccccc3Cl)C[C@@H]2CC1=O. The van der Waals surface area contributed by atoms with Crippen LogP contribution in [0.2, 0.25) is 5.02 Å². The zero-order chi connectivity index (χ0) is 15.9. The van der Waals surface area contributed by atoms with Crippen molar-refractivity contribution in [3.63, 3.8) is 0 Å². The Kier molecular flexibility index (Phi) is 4.13. The van der Waals surface area contributed by atoms with Crippen LogP contribution >= 0.6 is 11.6 Å². The molecule has 1 aromatic carbocycles. The van der Waals surface area contributed by atoms with E-state index in [1.165, 1.54) is 0 Å². The maximum Gasteiger partial charge on any atom is 0.255 e. The molecule has 1 heterocycles. The number of rotatable bonds is 2. The van der Waals surface area contributed by atoms with Crippen LogP contribution in [-0.2, 0) is 4.79 Å². The van der Waals surface area contributed by atoms with Gasteiger partial charge in [-0.15, -0.1) is 0 Å². The van der Waals surface area contributed by atoms with E-state index >= 15 is 0 Å². The Hall–Kier alpha value is -1.55. The summed E-state index contributed by atoms with van der Waals surface area (Å²) in [4.78, 5) is 28.1. The van der Waals surface area contributed by atoms with Gasteiger partial charge in [-0.1, -0.05) is 23.7 Å². The first-order chi connectivity index (χ1) is 10.5. The summed E-state index contributed by atoms with van der Waals surface area (Å²) in [5.41, 5.74) is 0.551. The van der Waals surface area contributed by atoms with E-state index < -0.39 is 0 Å². The molecule has 2 fully saturated rings. The summed E-state index contributed by atoms with van der Waals surface area (Å²) in [5, 5.41) is 0.490. The van der Waals surface area contributed by atoms with Gasteiger partial charge in [-0.3, -0.25) is 9.59 Å². The second-order valence-corrected chi connectivity index (χ2v) is 6.93. The Morgan fingerprint density at radius 2 is 1.95 bits per heavy atom. The van der Waals surface area contributed by atoms with Gasteiger partial charge in [0.1, 0.15) is 0 Å². The minimum atomic E-state index is -0.0334. The van der Waals surface area contributed by atoms with Gasteiger partial charge in [-0.05, 0) is 36.8 Å². The van der Waals surface area contributed by atoms with Gasteiger partial charge in [0, 0.05) is 33.1 Å². The largest absolute Gasteiger partial charge is 0.345 e. The highest BCUT2D eigenvalue weighted by atomic mass is 35.5. The number of carbonyl (C=O) groups is 2. The van der Waals surface area contributed by atoms with Crippen molar-refractivity contribution in [2.24, 2.45) is 11.8 Å². The highest BCUT2D eigenvalue weighted by Crippen LogP contribution is 2.40. The Bertz CT molecular complexity index is 604. The molecule has 3 rings (SSSR count). The molecule has 0 spiro atoms. The third-order valence-electron chi connectivity index (χ3n) is 5.16. The van der Waals surface area contributed by atoms with Crippen molar-refractivity contribution < 1.29 is 9.59 Å². The van der Waals surface area contributed by atoms with E-state index in [9.17, 15) is 9.59 Å². The number of hydrogen-bond donors (Lipinski definition) is 0. The Morgan fingerprint density at radius 1 is 1.27 bits per heavy atom. The lowest BCUT2D eigenvalue weighted by Crippen LogP contribution is -2.39. The summed E-state index contributed by atoms with van der Waals surface area (Å²) in [6, 6.07) is 7.35. The van der Waals surface area contributed by atoms with E-state index in [1.807, 2.05) is 36.0 Å². The van der Waals surface area contributed by atoms with Crippen molar-refractivity contribution in [3.8, 4) is 0 Å². The summed E-state index contributed by atoms with van der Waals surface area (Å²) in [6.45, 7) is 0.814. The van der Waals surface area contributed by atoms with Crippen LogP contribution in [0.15, 0.2) is 24.3 Å². The molecule has 0 bridgehead atoms. The fourth-order valence-electron chi connectivity index (χ4n) is 3.79. The van der Waals surface area contributed by atoms with Gasteiger partial charge in [0.25, 0.3) is 5.91 Å². The molecule has 22 heavy (non-hydrogen) atoms. The van der Waals surface area contributed by atoms with Crippen LogP contribution in [0.25, 0.3) is 0 Å². The zero-order valence-electron chi connectivity index (χ0n) is 13.0. The van der Waals surface area contributed by atoms with E-state index in [-0.39, 0.29) is 17.9 Å². The fraction of sp³-hybridized carbons (Fsp3) is 0.529. The van der Waals surface area contributed by atoms with Crippen molar-refractivity contribution in [2.75, 3.05) is 20.6 Å². The topological polar surface area (TPSA) is 40.6 Å². The van der Waals surface area contributed by atoms with Gasteiger partial charge in [0.2, 0.25) is 5.91 Å². The number of benzene rings is 1. The molecule has 0 radical (unpaired) electrons. The molecule has 2 amide bonds. The number of halogens is 1.